The van der Waals surface area contributed by atoms with Gasteiger partial charge < -0.3 is 18.7 Å². The average Bonchev–Trinajstić information content (AvgIpc) is 2.88. The maximum Gasteiger partial charge on any atom is 0.192 e. The number of hydrogen-bond acceptors (Lipinski definition) is 4. The van der Waals surface area contributed by atoms with Gasteiger partial charge in [-0.1, -0.05) is 65.2 Å². The van der Waals surface area contributed by atoms with E-state index < -0.39 is 16.6 Å². The van der Waals surface area contributed by atoms with E-state index in [0.29, 0.717) is 13.2 Å². The fraction of sp³-hybridized carbons (Fsp3) is 0.500. The van der Waals surface area contributed by atoms with Crippen molar-refractivity contribution >= 4 is 28.0 Å². The molecule has 2 rings (SSSR count). The first-order valence-electron chi connectivity index (χ1n) is 14.8. The first kappa shape index (κ1) is 35.5. The minimum absolute atomic E-state index is 0.0885. The number of benzene rings is 2. The molecule has 228 valence electrons. The topological polar surface area (TPSA) is 24.9 Å². The van der Waals surface area contributed by atoms with Gasteiger partial charge in [0.05, 0.1) is 13.2 Å². The third-order valence-electron chi connectivity index (χ3n) is 8.61. The van der Waals surface area contributed by atoms with Crippen LogP contribution in [0.3, 0.4) is 0 Å². The predicted octanol–water partition coefficient (Wildman–Crippen LogP) is 8.56. The summed E-state index contributed by atoms with van der Waals surface area (Å²) in [6.45, 7) is 23.5. The van der Waals surface area contributed by atoms with Gasteiger partial charge in [-0.15, -0.1) is 0 Å². The SMILES string of the molecule is CN(C)c1ccc(C#C/C(CO[Si](C)(C)C(C)(C)C)=C(/C#Cc2ccc(N(C)C)cc2)CO[Si](C)(C)C(C)(C)C)cc1. The third-order valence-corrected chi connectivity index (χ3v) is 17.6. The molecule has 0 saturated carbocycles. The Morgan fingerprint density at radius 1 is 0.571 bits per heavy atom. The summed E-state index contributed by atoms with van der Waals surface area (Å²) in [4.78, 5) is 4.18. The van der Waals surface area contributed by atoms with Crippen molar-refractivity contribution in [3.05, 3.63) is 70.8 Å². The van der Waals surface area contributed by atoms with Crippen molar-refractivity contribution in [3.63, 3.8) is 0 Å². The lowest BCUT2D eigenvalue weighted by atomic mass is 10.1. The summed E-state index contributed by atoms with van der Waals surface area (Å²) in [5, 5.41) is 0.177. The maximum atomic E-state index is 6.72. The second kappa shape index (κ2) is 14.1. The van der Waals surface area contributed by atoms with Gasteiger partial charge in [0.1, 0.15) is 0 Å². The highest BCUT2D eigenvalue weighted by Crippen LogP contribution is 2.38. The van der Waals surface area contributed by atoms with Gasteiger partial charge in [-0.3, -0.25) is 0 Å². The van der Waals surface area contributed by atoms with Crippen molar-refractivity contribution < 1.29 is 8.85 Å². The van der Waals surface area contributed by atoms with Crippen LogP contribution in [0, 0.1) is 23.7 Å². The van der Waals surface area contributed by atoms with E-state index in [-0.39, 0.29) is 10.1 Å². The molecular formula is C36H54N2O2Si2. The highest BCUT2D eigenvalue weighted by Gasteiger charge is 2.38. The van der Waals surface area contributed by atoms with Gasteiger partial charge in [-0.25, -0.2) is 0 Å². The van der Waals surface area contributed by atoms with Gasteiger partial charge in [-0.2, -0.15) is 0 Å². The molecule has 0 spiro atoms. The number of rotatable bonds is 8. The Hall–Kier alpha value is -2.75. The Kier molecular flexibility index (Phi) is 11.9. The molecule has 0 atom stereocenters. The molecule has 0 aliphatic heterocycles. The van der Waals surface area contributed by atoms with Crippen LogP contribution in [0.15, 0.2) is 59.7 Å². The van der Waals surface area contributed by atoms with Crippen LogP contribution >= 0.6 is 0 Å². The molecule has 42 heavy (non-hydrogen) atoms. The molecule has 0 radical (unpaired) electrons. The molecule has 0 N–H and O–H groups in total. The summed E-state index contributed by atoms with van der Waals surface area (Å²) in [5.74, 6) is 13.8. The molecule has 0 aliphatic carbocycles. The van der Waals surface area contributed by atoms with Crippen LogP contribution in [-0.2, 0) is 8.85 Å². The minimum Gasteiger partial charge on any atom is -0.412 e. The number of anilines is 2. The fourth-order valence-corrected chi connectivity index (χ4v) is 5.19. The first-order valence-corrected chi connectivity index (χ1v) is 20.6. The maximum absolute atomic E-state index is 6.72. The summed E-state index contributed by atoms with van der Waals surface area (Å²) < 4.78 is 13.4. The molecular weight excluding hydrogens is 549 g/mol. The van der Waals surface area contributed by atoms with Gasteiger partial charge in [0.15, 0.2) is 16.6 Å². The van der Waals surface area contributed by atoms with Crippen LogP contribution < -0.4 is 9.80 Å². The molecule has 0 fully saturated rings. The van der Waals surface area contributed by atoms with Crippen molar-refractivity contribution in [1.29, 1.82) is 0 Å². The zero-order chi connectivity index (χ0) is 31.9. The monoisotopic (exact) mass is 602 g/mol. The van der Waals surface area contributed by atoms with E-state index in [1.807, 2.05) is 28.2 Å². The molecule has 0 saturated heterocycles. The van der Waals surface area contributed by atoms with Gasteiger partial charge in [-0.05, 0) is 84.8 Å². The van der Waals surface area contributed by atoms with E-state index in [9.17, 15) is 0 Å². The molecule has 0 unspecified atom stereocenters. The van der Waals surface area contributed by atoms with Gasteiger partial charge in [0.25, 0.3) is 0 Å². The molecule has 4 nitrogen and oxygen atoms in total. The molecule has 0 heterocycles. The van der Waals surface area contributed by atoms with E-state index >= 15 is 0 Å². The smallest absolute Gasteiger partial charge is 0.192 e. The van der Waals surface area contributed by atoms with Crippen LogP contribution in [0.5, 0.6) is 0 Å². The Labute approximate surface area is 259 Å². The molecule has 2 aromatic rings. The molecule has 0 bridgehead atoms. The normalized spacial score (nSPS) is 12.9. The summed E-state index contributed by atoms with van der Waals surface area (Å²) in [6, 6.07) is 16.7. The average molecular weight is 603 g/mol. The van der Waals surface area contributed by atoms with Gasteiger partial charge >= 0.3 is 0 Å². The van der Waals surface area contributed by atoms with E-state index in [1.54, 1.807) is 0 Å². The molecule has 0 aromatic heterocycles. The lowest BCUT2D eigenvalue weighted by Crippen LogP contribution is -2.42. The van der Waals surface area contributed by atoms with Gasteiger partial charge in [0.2, 0.25) is 0 Å². The van der Waals surface area contributed by atoms with Crippen LogP contribution in [0.4, 0.5) is 11.4 Å². The standard InChI is InChI=1S/C36H54N2O2Si2/c1-35(2,3)41(11,12)39-27-31(21-15-29-17-23-33(24-18-29)37(7)8)32(28-40-42(13,14)36(4,5)6)22-16-30-19-25-34(26-20-30)38(9)10/h17-20,23-26H,27-28H2,1-14H3/b32-31+. The number of hydrogen-bond donors (Lipinski definition) is 0. The third kappa shape index (κ3) is 10.2. The molecule has 6 heteroatoms. The Morgan fingerprint density at radius 3 is 1.10 bits per heavy atom. The molecule has 2 aromatic carbocycles. The first-order chi connectivity index (χ1) is 19.2. The van der Waals surface area contributed by atoms with Gasteiger partial charge in [0, 0.05) is 61.8 Å². The number of nitrogens with zero attached hydrogens (tertiary/aromatic N) is 2. The fourth-order valence-electron chi connectivity index (χ4n) is 3.32. The van der Waals surface area contributed by atoms with Crippen LogP contribution in [0.25, 0.3) is 0 Å². The van der Waals surface area contributed by atoms with E-state index in [2.05, 4.69) is 150 Å². The van der Waals surface area contributed by atoms with Crippen molar-refractivity contribution in [1.82, 2.24) is 0 Å². The van der Waals surface area contributed by atoms with Crippen molar-refractivity contribution in [2.45, 2.75) is 77.8 Å². The Bertz CT molecular complexity index is 1230. The van der Waals surface area contributed by atoms with Crippen molar-refractivity contribution in [2.24, 2.45) is 0 Å². The Balaban J connectivity index is 2.66. The highest BCUT2D eigenvalue weighted by atomic mass is 28.4. The lowest BCUT2D eigenvalue weighted by molar-refractivity contribution is 0.308. The summed E-state index contributed by atoms with van der Waals surface area (Å²) in [7, 11) is 4.12. The van der Waals surface area contributed by atoms with Crippen molar-refractivity contribution in [2.75, 3.05) is 51.2 Å². The quantitative estimate of drug-likeness (QED) is 0.223. The van der Waals surface area contributed by atoms with Crippen LogP contribution in [0.1, 0.15) is 52.7 Å². The molecule has 0 amide bonds. The summed E-state index contributed by atoms with van der Waals surface area (Å²) >= 11 is 0. The predicted molar refractivity (Wildman–Crippen MR) is 189 cm³/mol. The lowest BCUT2D eigenvalue weighted by Gasteiger charge is -2.37. The highest BCUT2D eigenvalue weighted by molar-refractivity contribution is 6.74. The summed E-state index contributed by atoms with van der Waals surface area (Å²) in [6.07, 6.45) is 0. The van der Waals surface area contributed by atoms with Crippen molar-refractivity contribution in [3.8, 4) is 23.7 Å². The van der Waals surface area contributed by atoms with E-state index in [0.717, 1.165) is 33.6 Å². The second-order valence-corrected chi connectivity index (χ2v) is 24.1. The largest absolute Gasteiger partial charge is 0.412 e. The summed E-state index contributed by atoms with van der Waals surface area (Å²) in [5.41, 5.74) is 6.00. The van der Waals surface area contributed by atoms with E-state index in [1.165, 1.54) is 0 Å². The zero-order valence-corrected chi connectivity index (χ0v) is 30.7. The second-order valence-electron chi connectivity index (χ2n) is 14.4. The van der Waals surface area contributed by atoms with E-state index in [4.69, 9.17) is 8.85 Å². The molecule has 0 aliphatic rings. The Morgan fingerprint density at radius 2 is 0.857 bits per heavy atom. The zero-order valence-electron chi connectivity index (χ0n) is 28.7. The van der Waals surface area contributed by atoms with Crippen LogP contribution in [-0.4, -0.2) is 58.0 Å². The minimum atomic E-state index is -2.03. The van der Waals surface area contributed by atoms with Crippen LogP contribution in [0.2, 0.25) is 36.3 Å².